The summed E-state index contributed by atoms with van der Waals surface area (Å²) in [5.41, 5.74) is 9.75. The van der Waals surface area contributed by atoms with Crippen LogP contribution in [0.3, 0.4) is 0 Å². The third-order valence-corrected chi connectivity index (χ3v) is 3.14. The predicted octanol–water partition coefficient (Wildman–Crippen LogP) is 2.23. The van der Waals surface area contributed by atoms with Crippen LogP contribution in [0, 0.1) is 0 Å². The highest BCUT2D eigenvalue weighted by Gasteiger charge is 2.07. The molecule has 4 N–H and O–H groups in total. The first kappa shape index (κ1) is 16.2. The van der Waals surface area contributed by atoms with Crippen molar-refractivity contribution in [2.45, 2.75) is 0 Å². The van der Waals surface area contributed by atoms with Gasteiger partial charge in [0.1, 0.15) is 0 Å². The van der Waals surface area contributed by atoms with E-state index in [1.165, 1.54) is 11.6 Å². The lowest BCUT2D eigenvalue weighted by atomic mass is 10.0. The van der Waals surface area contributed by atoms with Crippen LogP contribution in [-0.2, 0) is 9.59 Å². The van der Waals surface area contributed by atoms with E-state index >= 15 is 0 Å². The molecule has 2 amide bonds. The molecule has 0 saturated heterocycles. The molecule has 0 aliphatic carbocycles. The zero-order valence-electron chi connectivity index (χ0n) is 12.3. The van der Waals surface area contributed by atoms with E-state index in [9.17, 15) is 9.59 Å². The molecule has 5 heteroatoms. The Morgan fingerprint density at radius 2 is 1.57 bits per heavy atom. The van der Waals surface area contributed by atoms with Gasteiger partial charge in [-0.1, -0.05) is 54.6 Å². The van der Waals surface area contributed by atoms with E-state index in [-0.39, 0.29) is 0 Å². The summed E-state index contributed by atoms with van der Waals surface area (Å²) in [5, 5.41) is 8.41. The number of hydrogen-bond acceptors (Lipinski definition) is 3. The number of carbonyl (C=O) groups excluding carboxylic acids is 2. The van der Waals surface area contributed by atoms with E-state index in [2.05, 4.69) is 0 Å². The first-order valence-electron chi connectivity index (χ1n) is 6.89. The van der Waals surface area contributed by atoms with Crippen LogP contribution < -0.4 is 11.2 Å². The summed E-state index contributed by atoms with van der Waals surface area (Å²) >= 11 is 0. The molecule has 0 heterocycles. The number of hydroxylamine groups is 1. The highest BCUT2D eigenvalue weighted by Crippen LogP contribution is 2.18. The van der Waals surface area contributed by atoms with Crippen LogP contribution >= 0.6 is 0 Å². The molecule has 2 rings (SSSR count). The molecule has 0 aliphatic heterocycles. The van der Waals surface area contributed by atoms with Gasteiger partial charge in [0.15, 0.2) is 0 Å². The van der Waals surface area contributed by atoms with Gasteiger partial charge in [0, 0.05) is 11.6 Å². The smallest absolute Gasteiger partial charge is 0.267 e. The second kappa shape index (κ2) is 7.72. The molecular formula is C18H16N2O3. The Hall–Kier alpha value is -3.18. The molecule has 0 spiro atoms. The Morgan fingerprint density at radius 1 is 0.957 bits per heavy atom. The minimum atomic E-state index is -0.603. The molecule has 0 radical (unpaired) electrons. The molecule has 0 aliphatic rings. The minimum absolute atomic E-state index is 0.425. The number of hydrogen-bond donors (Lipinski definition) is 3. The van der Waals surface area contributed by atoms with Gasteiger partial charge in [-0.05, 0) is 28.8 Å². The quantitative estimate of drug-likeness (QED) is 0.342. The van der Waals surface area contributed by atoms with Gasteiger partial charge in [0.2, 0.25) is 5.91 Å². The maximum Gasteiger partial charge on any atom is 0.267 e. The number of primary amides is 1. The van der Waals surface area contributed by atoms with E-state index < -0.39 is 11.8 Å². The number of rotatable bonds is 5. The summed E-state index contributed by atoms with van der Waals surface area (Å²) in [4.78, 5) is 22.6. The van der Waals surface area contributed by atoms with E-state index in [0.29, 0.717) is 5.57 Å². The van der Waals surface area contributed by atoms with E-state index in [0.717, 1.165) is 16.7 Å². The van der Waals surface area contributed by atoms with Gasteiger partial charge in [0.05, 0.1) is 0 Å². The zero-order valence-corrected chi connectivity index (χ0v) is 12.3. The fourth-order valence-electron chi connectivity index (χ4n) is 1.99. The number of amides is 2. The van der Waals surface area contributed by atoms with Gasteiger partial charge < -0.3 is 5.73 Å². The Morgan fingerprint density at radius 3 is 2.13 bits per heavy atom. The molecule has 0 atom stereocenters. The molecular weight excluding hydrogens is 292 g/mol. The van der Waals surface area contributed by atoms with Crippen molar-refractivity contribution in [2.75, 3.05) is 0 Å². The SMILES string of the molecule is NC(=O)C(=Cc1ccc(/C=C/C(=O)NO)cc1)c1ccccc1. The van der Waals surface area contributed by atoms with Crippen LogP contribution in [0.4, 0.5) is 0 Å². The minimum Gasteiger partial charge on any atom is -0.366 e. The Kier molecular flexibility index (Phi) is 5.44. The second-order valence-corrected chi connectivity index (χ2v) is 4.76. The van der Waals surface area contributed by atoms with Crippen molar-refractivity contribution in [3.05, 3.63) is 77.4 Å². The molecule has 2 aromatic rings. The highest BCUT2D eigenvalue weighted by molar-refractivity contribution is 6.23. The second-order valence-electron chi connectivity index (χ2n) is 4.76. The van der Waals surface area contributed by atoms with E-state index in [1.807, 2.05) is 42.5 Å². The number of carbonyl (C=O) groups is 2. The first-order chi connectivity index (χ1) is 11.1. The fraction of sp³-hybridized carbons (Fsp3) is 0. The van der Waals surface area contributed by atoms with Crippen LogP contribution in [0.15, 0.2) is 60.7 Å². The number of benzene rings is 2. The van der Waals surface area contributed by atoms with E-state index in [4.69, 9.17) is 10.9 Å². The summed E-state index contributed by atoms with van der Waals surface area (Å²) in [6, 6.07) is 16.4. The normalized spacial score (nSPS) is 11.4. The Bertz CT molecular complexity index is 748. The van der Waals surface area contributed by atoms with Crippen LogP contribution in [-0.4, -0.2) is 17.0 Å². The lowest BCUT2D eigenvalue weighted by Gasteiger charge is -2.04. The van der Waals surface area contributed by atoms with Crippen molar-refractivity contribution in [2.24, 2.45) is 5.73 Å². The predicted molar refractivity (Wildman–Crippen MR) is 88.9 cm³/mol. The number of nitrogens with two attached hydrogens (primary N) is 1. The number of nitrogens with one attached hydrogen (secondary N) is 1. The largest absolute Gasteiger partial charge is 0.366 e. The van der Waals surface area contributed by atoms with Crippen molar-refractivity contribution in [3.8, 4) is 0 Å². The van der Waals surface area contributed by atoms with Crippen molar-refractivity contribution in [1.82, 2.24) is 5.48 Å². The average Bonchev–Trinajstić information content (AvgIpc) is 2.59. The molecule has 116 valence electrons. The fourth-order valence-corrected chi connectivity index (χ4v) is 1.99. The molecule has 0 fully saturated rings. The molecule has 0 aromatic heterocycles. The molecule has 0 saturated carbocycles. The van der Waals surface area contributed by atoms with Crippen molar-refractivity contribution < 1.29 is 14.8 Å². The van der Waals surface area contributed by atoms with Crippen molar-refractivity contribution >= 4 is 29.5 Å². The average molecular weight is 308 g/mol. The monoisotopic (exact) mass is 308 g/mol. The van der Waals surface area contributed by atoms with Crippen LogP contribution in [0.2, 0.25) is 0 Å². The van der Waals surface area contributed by atoms with Gasteiger partial charge in [-0.25, -0.2) is 5.48 Å². The lowest BCUT2D eigenvalue weighted by Crippen LogP contribution is -2.14. The van der Waals surface area contributed by atoms with Gasteiger partial charge in [-0.2, -0.15) is 0 Å². The summed E-state index contributed by atoms with van der Waals surface area (Å²) in [6.07, 6.45) is 4.49. The van der Waals surface area contributed by atoms with Crippen molar-refractivity contribution in [1.29, 1.82) is 0 Å². The molecule has 0 unspecified atom stereocenters. The molecule has 2 aromatic carbocycles. The van der Waals surface area contributed by atoms with Crippen LogP contribution in [0.25, 0.3) is 17.7 Å². The Balaban J connectivity index is 2.25. The third-order valence-electron chi connectivity index (χ3n) is 3.14. The summed E-state index contributed by atoms with van der Waals surface area (Å²) in [5.74, 6) is -1.10. The third kappa shape index (κ3) is 4.66. The van der Waals surface area contributed by atoms with E-state index in [1.54, 1.807) is 24.3 Å². The molecule has 5 nitrogen and oxygen atoms in total. The maximum absolute atomic E-state index is 11.7. The first-order valence-corrected chi connectivity index (χ1v) is 6.89. The van der Waals surface area contributed by atoms with Gasteiger partial charge in [-0.3, -0.25) is 14.8 Å². The summed E-state index contributed by atoms with van der Waals surface area (Å²) in [6.45, 7) is 0. The standard InChI is InChI=1S/C18H16N2O3/c19-18(22)16(15-4-2-1-3-5-15)12-14-8-6-13(7-9-14)10-11-17(21)20-23/h1-12,23H,(H2,19,22)(H,20,21)/b11-10+,16-12?. The molecule has 23 heavy (non-hydrogen) atoms. The summed E-state index contributed by atoms with van der Waals surface area (Å²) < 4.78 is 0. The highest BCUT2D eigenvalue weighted by atomic mass is 16.5. The van der Waals surface area contributed by atoms with Crippen LogP contribution in [0.1, 0.15) is 16.7 Å². The van der Waals surface area contributed by atoms with Gasteiger partial charge >= 0.3 is 0 Å². The van der Waals surface area contributed by atoms with Crippen LogP contribution in [0.5, 0.6) is 0 Å². The van der Waals surface area contributed by atoms with Gasteiger partial charge in [-0.15, -0.1) is 0 Å². The Labute approximate surface area is 133 Å². The lowest BCUT2D eigenvalue weighted by molar-refractivity contribution is -0.124. The molecule has 0 bridgehead atoms. The van der Waals surface area contributed by atoms with Crippen molar-refractivity contribution in [3.63, 3.8) is 0 Å². The zero-order chi connectivity index (χ0) is 16.7. The summed E-state index contributed by atoms with van der Waals surface area (Å²) in [7, 11) is 0. The van der Waals surface area contributed by atoms with Gasteiger partial charge in [0.25, 0.3) is 5.91 Å². The topological polar surface area (TPSA) is 92.4 Å². The maximum atomic E-state index is 11.7.